The minimum Gasteiger partial charge on any atom is -0.432 e. The SMILES string of the molecule is CC(C)CNCc1coc(N2CCCC2(C)C)n1. The van der Waals surface area contributed by atoms with Gasteiger partial charge in [0.2, 0.25) is 0 Å². The molecule has 2 rings (SSSR count). The summed E-state index contributed by atoms with van der Waals surface area (Å²) in [5.41, 5.74) is 1.17. The molecule has 0 saturated carbocycles. The predicted molar refractivity (Wildman–Crippen MR) is 73.7 cm³/mol. The Morgan fingerprint density at radius 3 is 2.89 bits per heavy atom. The van der Waals surface area contributed by atoms with E-state index in [1.807, 2.05) is 0 Å². The first kappa shape index (κ1) is 13.4. The molecule has 1 fully saturated rings. The number of nitrogens with zero attached hydrogens (tertiary/aromatic N) is 2. The van der Waals surface area contributed by atoms with E-state index in [0.29, 0.717) is 5.92 Å². The van der Waals surface area contributed by atoms with Crippen LogP contribution in [0.5, 0.6) is 0 Å². The van der Waals surface area contributed by atoms with Gasteiger partial charge in [-0.05, 0) is 39.2 Å². The number of hydrogen-bond acceptors (Lipinski definition) is 4. The average Bonchev–Trinajstić information content (AvgIpc) is 2.83. The Morgan fingerprint density at radius 2 is 2.28 bits per heavy atom. The Bertz CT molecular complexity index is 384. The maximum Gasteiger partial charge on any atom is 0.297 e. The number of anilines is 1. The van der Waals surface area contributed by atoms with Crippen molar-refractivity contribution in [3.63, 3.8) is 0 Å². The van der Waals surface area contributed by atoms with Crippen LogP contribution in [0.15, 0.2) is 10.7 Å². The van der Waals surface area contributed by atoms with Gasteiger partial charge in [0.25, 0.3) is 6.01 Å². The van der Waals surface area contributed by atoms with Crippen molar-refractivity contribution in [2.24, 2.45) is 5.92 Å². The fourth-order valence-corrected chi connectivity index (χ4v) is 2.45. The zero-order chi connectivity index (χ0) is 13.2. The molecule has 0 bridgehead atoms. The monoisotopic (exact) mass is 251 g/mol. The quantitative estimate of drug-likeness (QED) is 0.873. The summed E-state index contributed by atoms with van der Waals surface area (Å²) in [7, 11) is 0. The Balaban J connectivity index is 1.94. The molecule has 0 unspecified atom stereocenters. The molecule has 0 spiro atoms. The predicted octanol–water partition coefficient (Wildman–Crippen LogP) is 2.80. The molecule has 4 heteroatoms. The standard InChI is InChI=1S/C14H25N3O/c1-11(2)8-15-9-12-10-18-13(16-12)17-7-5-6-14(17,3)4/h10-11,15H,5-9H2,1-4H3. The van der Waals surface area contributed by atoms with Gasteiger partial charge in [0.05, 0.1) is 5.69 Å². The molecule has 1 aromatic rings. The minimum absolute atomic E-state index is 0.174. The van der Waals surface area contributed by atoms with Crippen LogP contribution in [0.2, 0.25) is 0 Å². The summed E-state index contributed by atoms with van der Waals surface area (Å²) >= 11 is 0. The van der Waals surface area contributed by atoms with E-state index in [2.05, 4.69) is 42.9 Å². The Kier molecular flexibility index (Phi) is 3.95. The highest BCUT2D eigenvalue weighted by molar-refractivity contribution is 5.34. The van der Waals surface area contributed by atoms with Crippen molar-refractivity contribution in [1.29, 1.82) is 0 Å². The molecule has 2 heterocycles. The lowest BCUT2D eigenvalue weighted by atomic mass is 10.0. The number of rotatable bonds is 5. The molecule has 0 amide bonds. The van der Waals surface area contributed by atoms with Crippen LogP contribution in [0.1, 0.15) is 46.2 Å². The van der Waals surface area contributed by atoms with Gasteiger partial charge in [0.1, 0.15) is 6.26 Å². The maximum absolute atomic E-state index is 5.62. The van der Waals surface area contributed by atoms with Gasteiger partial charge >= 0.3 is 0 Å². The summed E-state index contributed by atoms with van der Waals surface area (Å²) in [6.07, 6.45) is 4.20. The summed E-state index contributed by atoms with van der Waals surface area (Å²) in [6, 6.07) is 0.777. The molecule has 1 N–H and O–H groups in total. The van der Waals surface area contributed by atoms with Gasteiger partial charge in [0, 0.05) is 18.6 Å². The highest BCUT2D eigenvalue weighted by Gasteiger charge is 2.34. The van der Waals surface area contributed by atoms with Gasteiger partial charge < -0.3 is 14.6 Å². The summed E-state index contributed by atoms with van der Waals surface area (Å²) in [5, 5.41) is 3.38. The second-order valence-electron chi connectivity index (χ2n) is 6.21. The lowest BCUT2D eigenvalue weighted by Gasteiger charge is -2.29. The van der Waals surface area contributed by atoms with Crippen LogP contribution in [0, 0.1) is 5.92 Å². The zero-order valence-corrected chi connectivity index (χ0v) is 12.0. The third-order valence-electron chi connectivity index (χ3n) is 3.53. The first-order valence-electron chi connectivity index (χ1n) is 6.92. The normalized spacial score (nSPS) is 18.8. The number of oxazole rings is 1. The van der Waals surface area contributed by atoms with Crippen LogP contribution in [0.25, 0.3) is 0 Å². The third-order valence-corrected chi connectivity index (χ3v) is 3.53. The molecule has 0 aromatic carbocycles. The molecule has 102 valence electrons. The van der Waals surface area contributed by atoms with E-state index < -0.39 is 0 Å². The van der Waals surface area contributed by atoms with E-state index in [4.69, 9.17) is 4.42 Å². The molecule has 1 saturated heterocycles. The highest BCUT2D eigenvalue weighted by Crippen LogP contribution is 2.32. The fourth-order valence-electron chi connectivity index (χ4n) is 2.45. The second-order valence-corrected chi connectivity index (χ2v) is 6.21. The molecule has 1 aromatic heterocycles. The van der Waals surface area contributed by atoms with Crippen molar-refractivity contribution < 1.29 is 4.42 Å². The highest BCUT2D eigenvalue weighted by atomic mass is 16.4. The molecule has 1 aliphatic rings. The first-order valence-corrected chi connectivity index (χ1v) is 6.92. The topological polar surface area (TPSA) is 41.3 Å². The van der Waals surface area contributed by atoms with E-state index in [0.717, 1.165) is 31.3 Å². The first-order chi connectivity index (χ1) is 8.49. The van der Waals surface area contributed by atoms with E-state index in [-0.39, 0.29) is 5.54 Å². The minimum atomic E-state index is 0.174. The summed E-state index contributed by atoms with van der Waals surface area (Å²) < 4.78 is 5.62. The van der Waals surface area contributed by atoms with E-state index in [1.54, 1.807) is 6.26 Å². The van der Waals surface area contributed by atoms with Crippen LogP contribution < -0.4 is 10.2 Å². The summed E-state index contributed by atoms with van der Waals surface area (Å²) in [6.45, 7) is 11.8. The molecular weight excluding hydrogens is 226 g/mol. The number of aromatic nitrogens is 1. The Labute approximate surface area is 110 Å². The van der Waals surface area contributed by atoms with Gasteiger partial charge in [-0.1, -0.05) is 13.8 Å². The van der Waals surface area contributed by atoms with Gasteiger partial charge in [0.15, 0.2) is 0 Å². The van der Waals surface area contributed by atoms with E-state index >= 15 is 0 Å². The van der Waals surface area contributed by atoms with Crippen LogP contribution >= 0.6 is 0 Å². The van der Waals surface area contributed by atoms with Gasteiger partial charge in [-0.3, -0.25) is 0 Å². The van der Waals surface area contributed by atoms with Crippen molar-refractivity contribution in [1.82, 2.24) is 10.3 Å². The Morgan fingerprint density at radius 1 is 1.50 bits per heavy atom. The van der Waals surface area contributed by atoms with Crippen LogP contribution in [-0.2, 0) is 6.54 Å². The lowest BCUT2D eigenvalue weighted by molar-refractivity contribution is 0.458. The van der Waals surface area contributed by atoms with E-state index in [9.17, 15) is 0 Å². The van der Waals surface area contributed by atoms with Crippen molar-refractivity contribution in [2.45, 2.75) is 52.6 Å². The fraction of sp³-hybridized carbons (Fsp3) is 0.786. The van der Waals surface area contributed by atoms with Gasteiger partial charge in [-0.15, -0.1) is 0 Å². The number of nitrogens with one attached hydrogen (secondary N) is 1. The molecule has 18 heavy (non-hydrogen) atoms. The third kappa shape index (κ3) is 3.05. The van der Waals surface area contributed by atoms with Crippen molar-refractivity contribution in [3.8, 4) is 0 Å². The average molecular weight is 251 g/mol. The van der Waals surface area contributed by atoms with Crippen LogP contribution in [0.4, 0.5) is 6.01 Å². The molecule has 1 aliphatic heterocycles. The van der Waals surface area contributed by atoms with Crippen molar-refractivity contribution in [2.75, 3.05) is 18.0 Å². The largest absolute Gasteiger partial charge is 0.432 e. The van der Waals surface area contributed by atoms with Crippen molar-refractivity contribution in [3.05, 3.63) is 12.0 Å². The van der Waals surface area contributed by atoms with Crippen molar-refractivity contribution >= 4 is 6.01 Å². The molecular formula is C14H25N3O. The van der Waals surface area contributed by atoms with Gasteiger partial charge in [-0.2, -0.15) is 4.98 Å². The van der Waals surface area contributed by atoms with Gasteiger partial charge in [-0.25, -0.2) is 0 Å². The summed E-state index contributed by atoms with van der Waals surface area (Å²) in [4.78, 5) is 6.86. The smallest absolute Gasteiger partial charge is 0.297 e. The summed E-state index contributed by atoms with van der Waals surface area (Å²) in [5.74, 6) is 0.661. The molecule has 0 aliphatic carbocycles. The zero-order valence-electron chi connectivity index (χ0n) is 12.0. The lowest BCUT2D eigenvalue weighted by Crippen LogP contribution is -2.38. The van der Waals surface area contributed by atoms with E-state index in [1.165, 1.54) is 12.8 Å². The molecule has 0 atom stereocenters. The maximum atomic E-state index is 5.62. The Hall–Kier alpha value is -1.03. The van der Waals surface area contributed by atoms with Crippen LogP contribution in [-0.4, -0.2) is 23.6 Å². The molecule has 0 radical (unpaired) electrons. The van der Waals surface area contributed by atoms with Crippen LogP contribution in [0.3, 0.4) is 0 Å². The second kappa shape index (κ2) is 5.31. The number of hydrogen-bond donors (Lipinski definition) is 1. The molecule has 4 nitrogen and oxygen atoms in total.